The third-order valence-corrected chi connectivity index (χ3v) is 4.92. The molecule has 1 aliphatic rings. The number of fused-ring (bicyclic) bond motifs is 2. The molecular formula is C27H22F3N2O3RhS-. The fourth-order valence-electron chi connectivity index (χ4n) is 2.95. The molecule has 0 N–H and O–H groups in total. The SMILES string of the molecule is CC#N.CC#N.O=S(=O)([O-])C(F)(F)F.[CH]1[CH]c2ccccc2[C](c2ccccc2)[CH]c2ccccc21.[Rh]. The largest absolute Gasteiger partial charge is 0.741 e. The Labute approximate surface area is 229 Å². The van der Waals surface area contributed by atoms with Crippen molar-refractivity contribution in [2.75, 3.05) is 0 Å². The summed E-state index contributed by atoms with van der Waals surface area (Å²) in [6.45, 7) is 2.86. The van der Waals surface area contributed by atoms with Gasteiger partial charge in [0.2, 0.25) is 0 Å². The number of benzene rings is 3. The molecule has 3 aromatic rings. The van der Waals surface area contributed by atoms with Crippen molar-refractivity contribution < 1.29 is 45.6 Å². The van der Waals surface area contributed by atoms with Crippen LogP contribution in [0.3, 0.4) is 0 Å². The van der Waals surface area contributed by atoms with Crippen LogP contribution in [0.15, 0.2) is 78.9 Å². The Bertz CT molecular complexity index is 1270. The zero-order valence-electron chi connectivity index (χ0n) is 19.7. The van der Waals surface area contributed by atoms with Gasteiger partial charge in [0.1, 0.15) is 0 Å². The second kappa shape index (κ2) is 16.7. The predicted octanol–water partition coefficient (Wildman–Crippen LogP) is 6.14. The Morgan fingerprint density at radius 2 is 1.11 bits per heavy atom. The maximum Gasteiger partial charge on any atom is 0.485 e. The molecule has 5 nitrogen and oxygen atoms in total. The Balaban J connectivity index is 0.000000729. The van der Waals surface area contributed by atoms with Gasteiger partial charge in [-0.2, -0.15) is 23.7 Å². The molecule has 0 aliphatic heterocycles. The van der Waals surface area contributed by atoms with Crippen LogP contribution in [0.1, 0.15) is 41.7 Å². The summed E-state index contributed by atoms with van der Waals surface area (Å²) in [6.07, 6.45) is 6.71. The van der Waals surface area contributed by atoms with E-state index in [1.165, 1.54) is 47.6 Å². The van der Waals surface area contributed by atoms with Crippen LogP contribution >= 0.6 is 0 Å². The summed E-state index contributed by atoms with van der Waals surface area (Å²) in [4.78, 5) is 0. The van der Waals surface area contributed by atoms with Crippen molar-refractivity contribution in [3.05, 3.63) is 132 Å². The topological polar surface area (TPSA) is 105 Å². The van der Waals surface area contributed by atoms with Gasteiger partial charge < -0.3 is 4.55 Å². The van der Waals surface area contributed by atoms with Crippen LogP contribution in [-0.2, 0) is 29.6 Å². The van der Waals surface area contributed by atoms with E-state index in [2.05, 4.69) is 98.1 Å². The van der Waals surface area contributed by atoms with Crippen molar-refractivity contribution in [2.45, 2.75) is 19.4 Å². The van der Waals surface area contributed by atoms with E-state index < -0.39 is 15.6 Å². The van der Waals surface area contributed by atoms with Crippen molar-refractivity contribution >= 4 is 10.1 Å². The van der Waals surface area contributed by atoms with Crippen LogP contribution in [0.2, 0.25) is 0 Å². The zero-order valence-corrected chi connectivity index (χ0v) is 22.2. The summed E-state index contributed by atoms with van der Waals surface area (Å²) in [7, 11) is -6.09. The van der Waals surface area contributed by atoms with Crippen LogP contribution in [0.25, 0.3) is 0 Å². The van der Waals surface area contributed by atoms with Crippen molar-refractivity contribution in [2.24, 2.45) is 0 Å². The van der Waals surface area contributed by atoms with Gasteiger partial charge in [-0.1, -0.05) is 78.9 Å². The van der Waals surface area contributed by atoms with Gasteiger partial charge in [-0.15, -0.1) is 0 Å². The van der Waals surface area contributed by atoms with E-state index >= 15 is 0 Å². The maximum absolute atomic E-state index is 10.7. The number of hydrogen-bond donors (Lipinski definition) is 0. The monoisotopic (exact) mass is 614 g/mol. The van der Waals surface area contributed by atoms with Gasteiger partial charge in [-0.25, -0.2) is 8.42 Å². The molecule has 195 valence electrons. The average Bonchev–Trinajstić information content (AvgIpc) is 2.81. The molecule has 0 bridgehead atoms. The first-order chi connectivity index (χ1) is 17.0. The molecule has 0 heterocycles. The summed E-state index contributed by atoms with van der Waals surface area (Å²) in [5, 5.41) is 14.6. The number of alkyl halides is 3. The zero-order chi connectivity index (χ0) is 27.2. The van der Waals surface area contributed by atoms with Gasteiger partial charge in [0.15, 0.2) is 10.1 Å². The molecular weight excluding hydrogens is 592 g/mol. The maximum atomic E-state index is 10.7. The smallest absolute Gasteiger partial charge is 0.485 e. The molecule has 3 aromatic carbocycles. The molecule has 5 radical (unpaired) electrons. The molecule has 0 amide bonds. The van der Waals surface area contributed by atoms with E-state index in [0.29, 0.717) is 0 Å². The normalized spacial score (nSPS) is 12.1. The average molecular weight is 614 g/mol. The van der Waals surface area contributed by atoms with Crippen LogP contribution < -0.4 is 0 Å². The van der Waals surface area contributed by atoms with Crippen molar-refractivity contribution in [3.8, 4) is 12.1 Å². The number of nitrogens with zero attached hydrogens (tertiary/aromatic N) is 2. The first-order valence-electron chi connectivity index (χ1n) is 10.3. The summed E-state index contributed by atoms with van der Waals surface area (Å²) < 4.78 is 58.9. The third kappa shape index (κ3) is 11.3. The standard InChI is InChI=1S/C22H16.2C2H3N.CHF3O3S.Rh/c1-2-9-18(10-3-1)22-16-20-12-5-4-8-17(20)14-15-19-11-6-7-13-21(19)22;2*1-2-3;2-1(3,4)8(5,6)7;/h1-16H;2*1H3;(H,5,6,7);/p-1. The van der Waals surface area contributed by atoms with Crippen LogP contribution in [0.4, 0.5) is 13.2 Å². The molecule has 37 heavy (non-hydrogen) atoms. The van der Waals surface area contributed by atoms with Gasteiger partial charge in [-0.3, -0.25) is 0 Å². The second-order valence-electron chi connectivity index (χ2n) is 6.82. The fourth-order valence-corrected chi connectivity index (χ4v) is 2.95. The summed E-state index contributed by atoms with van der Waals surface area (Å²) in [5.74, 6) is 1.27. The number of hydrogen-bond acceptors (Lipinski definition) is 5. The van der Waals surface area contributed by atoms with Gasteiger partial charge in [-0.05, 0) is 40.7 Å². The Kier molecular flexibility index (Phi) is 15.3. The van der Waals surface area contributed by atoms with E-state index in [9.17, 15) is 13.2 Å². The molecule has 1 aliphatic carbocycles. The first-order valence-corrected chi connectivity index (χ1v) is 11.7. The van der Waals surface area contributed by atoms with E-state index in [-0.39, 0.29) is 19.5 Å². The van der Waals surface area contributed by atoms with Gasteiger partial charge in [0.05, 0.1) is 12.1 Å². The van der Waals surface area contributed by atoms with E-state index in [4.69, 9.17) is 23.5 Å². The van der Waals surface area contributed by atoms with Gasteiger partial charge >= 0.3 is 5.51 Å². The van der Waals surface area contributed by atoms with Crippen molar-refractivity contribution in [1.82, 2.24) is 0 Å². The minimum absolute atomic E-state index is 0. The second-order valence-corrected chi connectivity index (χ2v) is 8.19. The predicted molar refractivity (Wildman–Crippen MR) is 129 cm³/mol. The minimum Gasteiger partial charge on any atom is -0.741 e. The Morgan fingerprint density at radius 3 is 1.59 bits per heavy atom. The van der Waals surface area contributed by atoms with Gasteiger partial charge in [0, 0.05) is 45.7 Å². The summed E-state index contributed by atoms with van der Waals surface area (Å²) >= 11 is 0. The molecule has 4 rings (SSSR count). The molecule has 0 unspecified atom stereocenters. The fraction of sp³-hybridized carbons (Fsp3) is 0.111. The van der Waals surface area contributed by atoms with E-state index in [1.54, 1.807) is 12.1 Å². The number of nitriles is 2. The number of rotatable bonds is 1. The van der Waals surface area contributed by atoms with Crippen LogP contribution in [0.5, 0.6) is 0 Å². The molecule has 0 atom stereocenters. The molecule has 0 fully saturated rings. The third-order valence-electron chi connectivity index (χ3n) is 4.36. The quantitative estimate of drug-likeness (QED) is 0.186. The molecule has 0 spiro atoms. The van der Waals surface area contributed by atoms with Crippen molar-refractivity contribution in [3.63, 3.8) is 0 Å². The molecule has 0 aromatic heterocycles. The van der Waals surface area contributed by atoms with E-state index in [1.807, 2.05) is 0 Å². The molecule has 0 saturated heterocycles. The minimum atomic E-state index is -6.09. The summed E-state index contributed by atoms with van der Waals surface area (Å²) in [5.41, 5.74) is 0.650. The van der Waals surface area contributed by atoms with Gasteiger partial charge in [0.25, 0.3) is 0 Å². The summed E-state index contributed by atoms with van der Waals surface area (Å²) in [6, 6.07) is 31.2. The van der Waals surface area contributed by atoms with E-state index in [0.717, 1.165) is 0 Å². The van der Waals surface area contributed by atoms with Crippen molar-refractivity contribution in [1.29, 1.82) is 10.5 Å². The molecule has 10 heteroatoms. The van der Waals surface area contributed by atoms with Crippen LogP contribution in [-0.4, -0.2) is 18.5 Å². The Hall–Kier alpha value is -3.04. The Morgan fingerprint density at radius 1 is 0.730 bits per heavy atom. The first kappa shape index (κ1) is 34.0. The molecule has 0 saturated carbocycles. The number of halogens is 3. The van der Waals surface area contributed by atoms with Crippen LogP contribution in [0, 0.1) is 47.8 Å².